The zero-order valence-electron chi connectivity index (χ0n) is 16.4. The van der Waals surface area contributed by atoms with Crippen LogP contribution < -0.4 is 19.7 Å². The lowest BCUT2D eigenvalue weighted by Crippen LogP contribution is -3.12. The molecule has 6 rings (SSSR count). The number of rotatable bonds is 5. The van der Waals surface area contributed by atoms with Crippen molar-refractivity contribution in [2.45, 2.75) is 63.6 Å². The maximum absolute atomic E-state index is 13.1. The van der Waals surface area contributed by atoms with Crippen LogP contribution in [0, 0.1) is 17.8 Å². The topological polar surface area (TPSA) is 52.0 Å². The standard InChI is InChI=1S/C22H30N2O3/c1-14(24(2)12-15-3-4-19-20(8-15)27-13-26-19)21(25)23-22-9-16-5-17(10-22)7-18(6-16)11-22/h3-4,8,14,16-18H,5-7,9-13H2,1-2H3,(H,23,25)/p+1/t14-,16?,17?,18?,22?/m1/s1. The summed E-state index contributed by atoms with van der Waals surface area (Å²) < 4.78 is 10.9. The average molecular weight is 372 g/mol. The molecular formula is C22H31N2O3+. The Bertz CT molecular complexity index is 712. The number of quaternary nitrogens is 1. The van der Waals surface area contributed by atoms with Gasteiger partial charge in [-0.15, -0.1) is 0 Å². The molecule has 0 saturated heterocycles. The number of ether oxygens (including phenoxy) is 2. The Morgan fingerprint density at radius 1 is 1.15 bits per heavy atom. The lowest BCUT2D eigenvalue weighted by atomic mass is 9.53. The Kier molecular flexibility index (Phi) is 4.12. The van der Waals surface area contributed by atoms with Gasteiger partial charge < -0.3 is 19.7 Å². The van der Waals surface area contributed by atoms with Crippen molar-refractivity contribution in [3.05, 3.63) is 23.8 Å². The van der Waals surface area contributed by atoms with E-state index in [0.717, 1.165) is 35.8 Å². The summed E-state index contributed by atoms with van der Waals surface area (Å²) in [7, 11) is 2.11. The summed E-state index contributed by atoms with van der Waals surface area (Å²) >= 11 is 0. The van der Waals surface area contributed by atoms with Crippen molar-refractivity contribution in [3.63, 3.8) is 0 Å². The summed E-state index contributed by atoms with van der Waals surface area (Å²) in [5, 5.41) is 3.53. The predicted molar refractivity (Wildman–Crippen MR) is 102 cm³/mol. The fraction of sp³-hybridized carbons (Fsp3) is 0.682. The maximum atomic E-state index is 13.1. The molecule has 4 fully saturated rings. The van der Waals surface area contributed by atoms with Gasteiger partial charge in [-0.25, -0.2) is 0 Å². The average Bonchev–Trinajstić information content (AvgIpc) is 3.07. The molecule has 4 bridgehead atoms. The van der Waals surface area contributed by atoms with Crippen molar-refractivity contribution in [2.75, 3.05) is 13.8 Å². The monoisotopic (exact) mass is 371 g/mol. The molecule has 2 N–H and O–H groups in total. The highest BCUT2D eigenvalue weighted by Crippen LogP contribution is 2.55. The molecule has 27 heavy (non-hydrogen) atoms. The number of fused-ring (bicyclic) bond motifs is 1. The van der Waals surface area contributed by atoms with Crippen molar-refractivity contribution in [2.24, 2.45) is 17.8 Å². The minimum absolute atomic E-state index is 0.0663. The first-order valence-electron chi connectivity index (χ1n) is 10.5. The van der Waals surface area contributed by atoms with Gasteiger partial charge in [-0.3, -0.25) is 4.79 Å². The second-order valence-electron chi connectivity index (χ2n) is 9.62. The summed E-state index contributed by atoms with van der Waals surface area (Å²) in [6.45, 7) is 3.15. The van der Waals surface area contributed by atoms with E-state index in [9.17, 15) is 4.79 Å². The van der Waals surface area contributed by atoms with Crippen LogP contribution in [-0.2, 0) is 11.3 Å². The molecule has 2 atom stereocenters. The summed E-state index contributed by atoms with van der Waals surface area (Å²) in [4.78, 5) is 14.3. The van der Waals surface area contributed by atoms with E-state index in [1.165, 1.54) is 49.0 Å². The number of benzene rings is 1. The molecule has 0 spiro atoms. The van der Waals surface area contributed by atoms with E-state index in [1.807, 2.05) is 12.1 Å². The molecular weight excluding hydrogens is 340 g/mol. The molecule has 0 radical (unpaired) electrons. The Labute approximate surface area is 161 Å². The van der Waals surface area contributed by atoms with E-state index in [4.69, 9.17) is 9.47 Å². The SMILES string of the molecule is C[C@H](C(=O)NC12CC3CC(CC(C3)C1)C2)[NH+](C)Cc1ccc2c(c1)OCO2. The first kappa shape index (κ1) is 17.4. The van der Waals surface area contributed by atoms with E-state index in [2.05, 4.69) is 25.4 Å². The molecule has 5 aliphatic rings. The van der Waals surface area contributed by atoms with Crippen LogP contribution >= 0.6 is 0 Å². The summed E-state index contributed by atoms with van der Waals surface area (Å²) in [5.74, 6) is 4.40. The van der Waals surface area contributed by atoms with Crippen molar-refractivity contribution >= 4 is 5.91 Å². The van der Waals surface area contributed by atoms with E-state index in [1.54, 1.807) is 0 Å². The first-order chi connectivity index (χ1) is 13.0. The normalized spacial score (nSPS) is 35.1. The summed E-state index contributed by atoms with van der Waals surface area (Å²) in [6, 6.07) is 6.00. The van der Waals surface area contributed by atoms with Crippen LogP contribution in [-0.4, -0.2) is 31.3 Å². The van der Waals surface area contributed by atoms with Crippen LogP contribution in [0.3, 0.4) is 0 Å². The number of likely N-dealkylation sites (N-methyl/N-ethyl adjacent to an activating group) is 1. The van der Waals surface area contributed by atoms with Crippen LogP contribution in [0.4, 0.5) is 0 Å². The first-order valence-corrected chi connectivity index (χ1v) is 10.5. The zero-order chi connectivity index (χ0) is 18.6. The third-order valence-corrected chi connectivity index (χ3v) is 7.48. The Hall–Kier alpha value is -1.75. The van der Waals surface area contributed by atoms with Crippen LogP contribution in [0.5, 0.6) is 11.5 Å². The smallest absolute Gasteiger partial charge is 0.278 e. The lowest BCUT2D eigenvalue weighted by molar-refractivity contribution is -0.908. The highest BCUT2D eigenvalue weighted by atomic mass is 16.7. The van der Waals surface area contributed by atoms with Crippen molar-refractivity contribution in [1.29, 1.82) is 0 Å². The molecule has 0 aromatic heterocycles. The van der Waals surface area contributed by atoms with Gasteiger partial charge >= 0.3 is 0 Å². The van der Waals surface area contributed by atoms with Crippen molar-refractivity contribution < 1.29 is 19.2 Å². The largest absolute Gasteiger partial charge is 0.454 e. The number of carbonyl (C=O) groups excluding carboxylic acids is 1. The van der Waals surface area contributed by atoms with Gasteiger partial charge in [-0.2, -0.15) is 0 Å². The summed E-state index contributed by atoms with van der Waals surface area (Å²) in [5.41, 5.74) is 1.27. The lowest BCUT2D eigenvalue weighted by Gasteiger charge is -2.57. The van der Waals surface area contributed by atoms with Crippen LogP contribution in [0.1, 0.15) is 51.0 Å². The van der Waals surface area contributed by atoms with Gasteiger partial charge in [-0.1, -0.05) is 0 Å². The number of hydrogen-bond donors (Lipinski definition) is 2. The molecule has 1 heterocycles. The van der Waals surface area contributed by atoms with Crippen molar-refractivity contribution in [3.8, 4) is 11.5 Å². The maximum Gasteiger partial charge on any atom is 0.278 e. The van der Waals surface area contributed by atoms with Crippen LogP contribution in [0.25, 0.3) is 0 Å². The Morgan fingerprint density at radius 3 is 2.44 bits per heavy atom. The van der Waals surface area contributed by atoms with Crippen molar-refractivity contribution in [1.82, 2.24) is 5.32 Å². The highest BCUT2D eigenvalue weighted by Gasteiger charge is 2.52. The third-order valence-electron chi connectivity index (χ3n) is 7.48. The molecule has 1 aliphatic heterocycles. The van der Waals surface area contributed by atoms with E-state index >= 15 is 0 Å². The Morgan fingerprint density at radius 2 is 1.78 bits per heavy atom. The number of amides is 1. The van der Waals surface area contributed by atoms with Gasteiger partial charge in [-0.05, 0) is 81.4 Å². The molecule has 4 aliphatic carbocycles. The predicted octanol–water partition coefficient (Wildman–Crippen LogP) is 1.90. The number of hydrogen-bond acceptors (Lipinski definition) is 3. The minimum atomic E-state index is -0.0663. The Balaban J connectivity index is 1.22. The van der Waals surface area contributed by atoms with Gasteiger partial charge in [0.2, 0.25) is 6.79 Å². The second-order valence-corrected chi connectivity index (χ2v) is 9.62. The van der Waals surface area contributed by atoms with E-state index in [-0.39, 0.29) is 17.5 Å². The van der Waals surface area contributed by atoms with Gasteiger partial charge in [0.1, 0.15) is 6.54 Å². The van der Waals surface area contributed by atoms with E-state index in [0.29, 0.717) is 6.79 Å². The molecule has 5 heteroatoms. The fourth-order valence-electron chi connectivity index (χ4n) is 6.38. The number of carbonyl (C=O) groups is 1. The molecule has 4 saturated carbocycles. The quantitative estimate of drug-likeness (QED) is 0.831. The van der Waals surface area contributed by atoms with Gasteiger partial charge in [0.05, 0.1) is 7.05 Å². The van der Waals surface area contributed by atoms with Gasteiger partial charge in [0.15, 0.2) is 17.5 Å². The van der Waals surface area contributed by atoms with Gasteiger partial charge in [0.25, 0.3) is 5.91 Å². The fourth-order valence-corrected chi connectivity index (χ4v) is 6.38. The molecule has 146 valence electrons. The van der Waals surface area contributed by atoms with Gasteiger partial charge in [0, 0.05) is 11.1 Å². The van der Waals surface area contributed by atoms with E-state index < -0.39 is 0 Å². The molecule has 5 nitrogen and oxygen atoms in total. The number of nitrogens with one attached hydrogen (secondary N) is 2. The molecule has 1 aromatic rings. The molecule has 1 unspecified atom stereocenters. The third kappa shape index (κ3) is 3.20. The van der Waals surface area contributed by atoms with Crippen LogP contribution in [0.15, 0.2) is 18.2 Å². The molecule has 1 aromatic carbocycles. The summed E-state index contributed by atoms with van der Waals surface area (Å²) in [6.07, 6.45) is 7.83. The molecule has 1 amide bonds. The van der Waals surface area contributed by atoms with Crippen LogP contribution in [0.2, 0.25) is 0 Å². The zero-order valence-corrected chi connectivity index (χ0v) is 16.4. The second kappa shape index (κ2) is 6.40. The highest BCUT2D eigenvalue weighted by molar-refractivity contribution is 5.80. The minimum Gasteiger partial charge on any atom is -0.454 e.